The molecule has 3 nitrogen and oxygen atoms in total. The van der Waals surface area contributed by atoms with Gasteiger partial charge in [0.05, 0.1) is 0 Å². The summed E-state index contributed by atoms with van der Waals surface area (Å²) in [6.45, 7) is 3.57. The number of hydrogen-bond acceptors (Lipinski definition) is 3. The summed E-state index contributed by atoms with van der Waals surface area (Å²) in [5, 5.41) is 8.48. The van der Waals surface area contributed by atoms with Crippen molar-refractivity contribution in [2.24, 2.45) is 0 Å². The molecule has 0 amide bonds. The zero-order chi connectivity index (χ0) is 7.56. The normalized spacial score (nSPS) is 25.1. The van der Waals surface area contributed by atoms with Crippen molar-refractivity contribution in [2.45, 2.75) is 18.9 Å². The third-order valence-electron chi connectivity index (χ3n) is 1.49. The van der Waals surface area contributed by atoms with Crippen LogP contribution in [0.1, 0.15) is 12.8 Å². The van der Waals surface area contributed by atoms with Crippen LogP contribution in [-0.2, 0) is 9.53 Å². The highest BCUT2D eigenvalue weighted by Crippen LogP contribution is 2.20. The first kappa shape index (κ1) is 7.28. The zero-order valence-corrected chi connectivity index (χ0v) is 5.67. The number of esters is 1. The van der Waals surface area contributed by atoms with E-state index < -0.39 is 0 Å². The molecule has 0 aliphatic carbocycles. The fourth-order valence-corrected chi connectivity index (χ4v) is 0.940. The van der Waals surface area contributed by atoms with Gasteiger partial charge in [-0.05, 0) is 0 Å². The van der Waals surface area contributed by atoms with E-state index in [9.17, 15) is 4.79 Å². The van der Waals surface area contributed by atoms with Crippen LogP contribution in [0.2, 0.25) is 0 Å². The molecule has 0 aromatic rings. The molecule has 0 aromatic heterocycles. The summed E-state index contributed by atoms with van der Waals surface area (Å²) in [6.07, 6.45) is 0.953. The first-order chi connectivity index (χ1) is 4.74. The number of aliphatic hydroxyl groups excluding tert-OH is 1. The molecule has 3 heteroatoms. The molecule has 10 heavy (non-hydrogen) atoms. The van der Waals surface area contributed by atoms with E-state index in [1.165, 1.54) is 0 Å². The molecular formula is C7H10O3. The van der Waals surface area contributed by atoms with Gasteiger partial charge >= 0.3 is 5.97 Å². The molecule has 1 heterocycles. The van der Waals surface area contributed by atoms with Crippen molar-refractivity contribution >= 4 is 5.97 Å². The van der Waals surface area contributed by atoms with Gasteiger partial charge in [-0.1, -0.05) is 6.58 Å². The fraction of sp³-hybridized carbons (Fsp3) is 0.571. The van der Waals surface area contributed by atoms with Crippen molar-refractivity contribution in [1.82, 2.24) is 0 Å². The van der Waals surface area contributed by atoms with Crippen LogP contribution in [0, 0.1) is 0 Å². The molecule has 1 unspecified atom stereocenters. The minimum absolute atomic E-state index is 0.0607. The SMILES string of the molecule is C=C1CC(CCO)OC1=O. The molecule has 56 valence electrons. The van der Waals surface area contributed by atoms with Crippen LogP contribution in [-0.4, -0.2) is 23.8 Å². The van der Waals surface area contributed by atoms with Crippen LogP contribution >= 0.6 is 0 Å². The summed E-state index contributed by atoms with van der Waals surface area (Å²) >= 11 is 0. The number of rotatable bonds is 2. The van der Waals surface area contributed by atoms with Gasteiger partial charge in [-0.3, -0.25) is 0 Å². The Morgan fingerprint density at radius 3 is 2.90 bits per heavy atom. The quantitative estimate of drug-likeness (QED) is 0.443. The summed E-state index contributed by atoms with van der Waals surface area (Å²) < 4.78 is 4.82. The highest BCUT2D eigenvalue weighted by atomic mass is 16.5. The van der Waals surface area contributed by atoms with E-state index in [0.717, 1.165) is 0 Å². The van der Waals surface area contributed by atoms with E-state index in [1.54, 1.807) is 0 Å². The average molecular weight is 142 g/mol. The second kappa shape index (κ2) is 2.84. The monoisotopic (exact) mass is 142 g/mol. The molecule has 1 aliphatic rings. The van der Waals surface area contributed by atoms with E-state index in [4.69, 9.17) is 9.84 Å². The zero-order valence-electron chi connectivity index (χ0n) is 5.67. The molecule has 0 radical (unpaired) electrons. The second-order valence-electron chi connectivity index (χ2n) is 2.35. The topological polar surface area (TPSA) is 46.5 Å². The molecule has 0 saturated carbocycles. The summed E-state index contributed by atoms with van der Waals surface area (Å²) in [7, 11) is 0. The summed E-state index contributed by atoms with van der Waals surface area (Å²) in [5.74, 6) is -0.321. The molecule has 0 spiro atoms. The Morgan fingerprint density at radius 2 is 2.50 bits per heavy atom. The van der Waals surface area contributed by atoms with Gasteiger partial charge in [0.25, 0.3) is 0 Å². The van der Waals surface area contributed by atoms with E-state index in [0.29, 0.717) is 18.4 Å². The fourth-order valence-electron chi connectivity index (χ4n) is 0.940. The Morgan fingerprint density at radius 1 is 1.80 bits per heavy atom. The Hall–Kier alpha value is -0.830. The van der Waals surface area contributed by atoms with Gasteiger partial charge in [0, 0.05) is 25.0 Å². The largest absolute Gasteiger partial charge is 0.459 e. The van der Waals surface area contributed by atoms with Crippen LogP contribution in [0.25, 0.3) is 0 Å². The lowest BCUT2D eigenvalue weighted by Crippen LogP contribution is -2.08. The molecule has 0 bridgehead atoms. The van der Waals surface area contributed by atoms with Gasteiger partial charge in [0.2, 0.25) is 0 Å². The molecule has 1 rings (SSSR count). The van der Waals surface area contributed by atoms with E-state index in [-0.39, 0.29) is 18.7 Å². The van der Waals surface area contributed by atoms with Crippen molar-refractivity contribution < 1.29 is 14.6 Å². The van der Waals surface area contributed by atoms with Crippen molar-refractivity contribution in [3.05, 3.63) is 12.2 Å². The van der Waals surface area contributed by atoms with Gasteiger partial charge in [-0.15, -0.1) is 0 Å². The highest BCUT2D eigenvalue weighted by Gasteiger charge is 2.26. The molecule has 1 atom stereocenters. The van der Waals surface area contributed by atoms with Gasteiger partial charge in [-0.25, -0.2) is 4.79 Å². The predicted octanol–water partition coefficient (Wildman–Crippen LogP) is 0.240. The third kappa shape index (κ3) is 1.36. The van der Waals surface area contributed by atoms with E-state index in [1.807, 2.05) is 0 Å². The molecule has 0 aromatic carbocycles. The van der Waals surface area contributed by atoms with Crippen LogP contribution in [0.4, 0.5) is 0 Å². The van der Waals surface area contributed by atoms with Crippen molar-refractivity contribution in [3.8, 4) is 0 Å². The van der Waals surface area contributed by atoms with Gasteiger partial charge in [0.1, 0.15) is 6.10 Å². The summed E-state index contributed by atoms with van der Waals surface area (Å²) in [4.78, 5) is 10.7. The minimum Gasteiger partial charge on any atom is -0.459 e. The Kier molecular flexibility index (Phi) is 2.06. The van der Waals surface area contributed by atoms with Gasteiger partial charge in [-0.2, -0.15) is 0 Å². The lowest BCUT2D eigenvalue weighted by molar-refractivity contribution is -0.139. The predicted molar refractivity (Wildman–Crippen MR) is 35.3 cm³/mol. The van der Waals surface area contributed by atoms with Crippen LogP contribution in [0.15, 0.2) is 12.2 Å². The number of cyclic esters (lactones) is 1. The standard InChI is InChI=1S/C7H10O3/c1-5-4-6(2-3-8)10-7(5)9/h6,8H,1-4H2. The Balaban J connectivity index is 2.41. The van der Waals surface area contributed by atoms with Crippen LogP contribution < -0.4 is 0 Å². The average Bonchev–Trinajstić information content (AvgIpc) is 2.14. The number of ether oxygens (including phenoxy) is 1. The first-order valence-corrected chi connectivity index (χ1v) is 3.23. The number of aliphatic hydroxyl groups is 1. The Labute approximate surface area is 59.3 Å². The van der Waals surface area contributed by atoms with Gasteiger partial charge < -0.3 is 9.84 Å². The number of carbonyl (C=O) groups is 1. The summed E-state index contributed by atoms with van der Waals surface area (Å²) in [5.41, 5.74) is 0.512. The van der Waals surface area contributed by atoms with Crippen molar-refractivity contribution in [3.63, 3.8) is 0 Å². The molecular weight excluding hydrogens is 132 g/mol. The third-order valence-corrected chi connectivity index (χ3v) is 1.49. The number of hydrogen-bond donors (Lipinski definition) is 1. The first-order valence-electron chi connectivity index (χ1n) is 3.23. The summed E-state index contributed by atoms with van der Waals surface area (Å²) in [6, 6.07) is 0. The Bertz CT molecular complexity index is 146. The lowest BCUT2D eigenvalue weighted by Gasteiger charge is -2.03. The molecule has 1 N–H and O–H groups in total. The van der Waals surface area contributed by atoms with Crippen LogP contribution in [0.3, 0.4) is 0 Å². The molecule has 1 saturated heterocycles. The molecule has 1 aliphatic heterocycles. The minimum atomic E-state index is -0.321. The highest BCUT2D eigenvalue weighted by molar-refractivity contribution is 5.89. The van der Waals surface area contributed by atoms with Gasteiger partial charge in [0.15, 0.2) is 0 Å². The maximum atomic E-state index is 10.7. The van der Waals surface area contributed by atoms with E-state index in [2.05, 4.69) is 6.58 Å². The maximum absolute atomic E-state index is 10.7. The van der Waals surface area contributed by atoms with Crippen molar-refractivity contribution in [2.75, 3.05) is 6.61 Å². The maximum Gasteiger partial charge on any atom is 0.333 e. The lowest BCUT2D eigenvalue weighted by atomic mass is 10.1. The smallest absolute Gasteiger partial charge is 0.333 e. The van der Waals surface area contributed by atoms with Crippen molar-refractivity contribution in [1.29, 1.82) is 0 Å². The molecule has 1 fully saturated rings. The second-order valence-corrected chi connectivity index (χ2v) is 2.35. The number of carbonyl (C=O) groups excluding carboxylic acids is 1. The van der Waals surface area contributed by atoms with E-state index >= 15 is 0 Å². The van der Waals surface area contributed by atoms with Crippen LogP contribution in [0.5, 0.6) is 0 Å².